The van der Waals surface area contributed by atoms with Gasteiger partial charge in [-0.05, 0) is 36.6 Å². The number of rotatable bonds is 2. The van der Waals surface area contributed by atoms with Crippen LogP contribution >= 0.6 is 0 Å². The van der Waals surface area contributed by atoms with E-state index in [1.54, 1.807) is 12.1 Å². The zero-order chi connectivity index (χ0) is 13.3. The number of hydrogen-bond acceptors (Lipinski definition) is 4. The molecule has 2 N–H and O–H groups in total. The summed E-state index contributed by atoms with van der Waals surface area (Å²) in [5.74, 6) is 0.573. The van der Waals surface area contributed by atoms with Gasteiger partial charge in [-0.3, -0.25) is 0 Å². The number of nitrogens with zero attached hydrogens (tertiary/aromatic N) is 1. The fourth-order valence-corrected chi connectivity index (χ4v) is 3.15. The van der Waals surface area contributed by atoms with Gasteiger partial charge in [0.25, 0.3) is 0 Å². The van der Waals surface area contributed by atoms with E-state index in [1.165, 1.54) is 6.26 Å². The second-order valence-corrected chi connectivity index (χ2v) is 7.29. The highest BCUT2D eigenvalue weighted by Gasteiger charge is 2.22. The highest BCUT2D eigenvalue weighted by Crippen LogP contribution is 2.23. The molecule has 0 amide bonds. The number of sulfone groups is 1. The Morgan fingerprint density at radius 3 is 2.33 bits per heavy atom. The van der Waals surface area contributed by atoms with Crippen LogP contribution in [0.4, 0.5) is 5.69 Å². The van der Waals surface area contributed by atoms with Crippen LogP contribution in [0.3, 0.4) is 0 Å². The molecular weight excluding hydrogens is 248 g/mol. The second-order valence-electron chi connectivity index (χ2n) is 5.27. The lowest BCUT2D eigenvalue weighted by Gasteiger charge is -2.36. The van der Waals surface area contributed by atoms with E-state index >= 15 is 0 Å². The Bertz CT molecular complexity index is 500. The van der Waals surface area contributed by atoms with Crippen molar-refractivity contribution in [2.75, 3.05) is 24.2 Å². The van der Waals surface area contributed by atoms with E-state index in [0.29, 0.717) is 10.8 Å². The molecule has 0 spiro atoms. The lowest BCUT2D eigenvalue weighted by molar-refractivity contribution is 0.401. The second kappa shape index (κ2) is 4.90. The van der Waals surface area contributed by atoms with E-state index in [9.17, 15) is 8.42 Å². The van der Waals surface area contributed by atoms with Gasteiger partial charge in [0, 0.05) is 31.1 Å². The average Bonchev–Trinajstić information content (AvgIpc) is 2.27. The number of benzene rings is 1. The third kappa shape index (κ3) is 3.03. The van der Waals surface area contributed by atoms with Gasteiger partial charge in [0.15, 0.2) is 9.84 Å². The third-order valence-electron chi connectivity index (χ3n) is 3.32. The molecule has 4 nitrogen and oxygen atoms in total. The van der Waals surface area contributed by atoms with Crippen molar-refractivity contribution >= 4 is 15.5 Å². The minimum atomic E-state index is -3.12. The predicted molar refractivity (Wildman–Crippen MR) is 73.5 cm³/mol. The van der Waals surface area contributed by atoms with Gasteiger partial charge in [-0.1, -0.05) is 6.92 Å². The summed E-state index contributed by atoms with van der Waals surface area (Å²) < 4.78 is 22.8. The average molecular weight is 268 g/mol. The van der Waals surface area contributed by atoms with Crippen LogP contribution < -0.4 is 10.6 Å². The third-order valence-corrected chi connectivity index (χ3v) is 4.45. The van der Waals surface area contributed by atoms with Gasteiger partial charge in [0.1, 0.15) is 0 Å². The molecule has 1 aromatic carbocycles. The Morgan fingerprint density at radius 2 is 1.83 bits per heavy atom. The standard InChI is InChI=1S/C13H20N2O2S/c1-10-7-11(14)9-15(8-10)12-3-5-13(6-4-12)18(2,16)17/h3-6,10-11H,7-9,14H2,1-2H3. The molecule has 18 heavy (non-hydrogen) atoms. The van der Waals surface area contributed by atoms with Crippen molar-refractivity contribution in [2.45, 2.75) is 24.3 Å². The molecule has 0 bridgehead atoms. The van der Waals surface area contributed by atoms with E-state index in [2.05, 4.69) is 11.8 Å². The number of nitrogens with two attached hydrogens (primary N) is 1. The molecular formula is C13H20N2O2S. The van der Waals surface area contributed by atoms with Crippen molar-refractivity contribution in [3.05, 3.63) is 24.3 Å². The maximum Gasteiger partial charge on any atom is 0.175 e. The van der Waals surface area contributed by atoms with Crippen LogP contribution in [-0.4, -0.2) is 33.8 Å². The summed E-state index contributed by atoms with van der Waals surface area (Å²) in [4.78, 5) is 2.59. The topological polar surface area (TPSA) is 63.4 Å². The van der Waals surface area contributed by atoms with Crippen LogP contribution in [-0.2, 0) is 9.84 Å². The van der Waals surface area contributed by atoms with Crippen molar-refractivity contribution in [3.63, 3.8) is 0 Å². The summed E-state index contributed by atoms with van der Waals surface area (Å²) in [6.07, 6.45) is 2.28. The number of piperidine rings is 1. The predicted octanol–water partition coefficient (Wildman–Crippen LogP) is 1.26. The zero-order valence-electron chi connectivity index (χ0n) is 10.8. The maximum absolute atomic E-state index is 11.4. The number of hydrogen-bond donors (Lipinski definition) is 1. The first-order valence-corrected chi connectivity index (χ1v) is 8.06. The molecule has 1 aliphatic heterocycles. The molecule has 0 radical (unpaired) electrons. The van der Waals surface area contributed by atoms with Crippen LogP contribution in [0, 0.1) is 5.92 Å². The molecule has 2 rings (SSSR count). The zero-order valence-corrected chi connectivity index (χ0v) is 11.7. The van der Waals surface area contributed by atoms with Gasteiger partial charge in [0.2, 0.25) is 0 Å². The normalized spacial score (nSPS) is 25.2. The summed E-state index contributed by atoms with van der Waals surface area (Å²) in [6.45, 7) is 4.01. The van der Waals surface area contributed by atoms with Gasteiger partial charge in [-0.2, -0.15) is 0 Å². The molecule has 5 heteroatoms. The quantitative estimate of drug-likeness (QED) is 0.877. The summed E-state index contributed by atoms with van der Waals surface area (Å²) in [7, 11) is -3.12. The molecule has 100 valence electrons. The van der Waals surface area contributed by atoms with E-state index in [1.807, 2.05) is 12.1 Å². The molecule has 1 heterocycles. The molecule has 0 aromatic heterocycles. The van der Waals surface area contributed by atoms with Crippen molar-refractivity contribution in [1.29, 1.82) is 0 Å². The molecule has 1 aromatic rings. The summed E-state index contributed by atoms with van der Waals surface area (Å²) in [5, 5.41) is 0. The Balaban J connectivity index is 2.19. The molecule has 2 atom stereocenters. The van der Waals surface area contributed by atoms with Crippen molar-refractivity contribution < 1.29 is 8.42 Å². The lowest BCUT2D eigenvalue weighted by atomic mass is 9.96. The fraction of sp³-hybridized carbons (Fsp3) is 0.538. The molecule has 2 unspecified atom stereocenters. The smallest absolute Gasteiger partial charge is 0.175 e. The Hall–Kier alpha value is -1.07. The van der Waals surface area contributed by atoms with Gasteiger partial charge in [0.05, 0.1) is 4.90 Å². The van der Waals surface area contributed by atoms with E-state index in [-0.39, 0.29) is 6.04 Å². The van der Waals surface area contributed by atoms with Gasteiger partial charge in [-0.15, -0.1) is 0 Å². The fourth-order valence-electron chi connectivity index (χ4n) is 2.51. The van der Waals surface area contributed by atoms with Gasteiger partial charge < -0.3 is 10.6 Å². The van der Waals surface area contributed by atoms with Crippen molar-refractivity contribution in [2.24, 2.45) is 11.7 Å². The first-order valence-electron chi connectivity index (χ1n) is 6.17. The monoisotopic (exact) mass is 268 g/mol. The first kappa shape index (κ1) is 13.4. The van der Waals surface area contributed by atoms with Crippen molar-refractivity contribution in [1.82, 2.24) is 0 Å². The van der Waals surface area contributed by atoms with Crippen LogP contribution in [0.15, 0.2) is 29.2 Å². The molecule has 1 saturated heterocycles. The molecule has 1 aliphatic rings. The Labute approximate surface area is 109 Å². The lowest BCUT2D eigenvalue weighted by Crippen LogP contribution is -2.46. The Morgan fingerprint density at radius 1 is 1.22 bits per heavy atom. The minimum absolute atomic E-state index is 0.198. The largest absolute Gasteiger partial charge is 0.370 e. The van der Waals surface area contributed by atoms with Gasteiger partial charge >= 0.3 is 0 Å². The summed E-state index contributed by atoms with van der Waals surface area (Å²) >= 11 is 0. The highest BCUT2D eigenvalue weighted by molar-refractivity contribution is 7.90. The van der Waals surface area contributed by atoms with Gasteiger partial charge in [-0.25, -0.2) is 8.42 Å². The van der Waals surface area contributed by atoms with E-state index < -0.39 is 9.84 Å². The highest BCUT2D eigenvalue weighted by atomic mass is 32.2. The molecule has 0 aliphatic carbocycles. The molecule has 1 fully saturated rings. The van der Waals surface area contributed by atoms with Crippen LogP contribution in [0.1, 0.15) is 13.3 Å². The number of anilines is 1. The SMILES string of the molecule is CC1CC(N)CN(c2ccc(S(C)(=O)=O)cc2)C1. The summed E-state index contributed by atoms with van der Waals surface area (Å²) in [5.41, 5.74) is 7.06. The van der Waals surface area contributed by atoms with E-state index in [4.69, 9.17) is 5.73 Å². The molecule has 0 saturated carbocycles. The minimum Gasteiger partial charge on any atom is -0.370 e. The van der Waals surface area contributed by atoms with Crippen LogP contribution in [0.5, 0.6) is 0 Å². The van der Waals surface area contributed by atoms with Crippen molar-refractivity contribution in [3.8, 4) is 0 Å². The van der Waals surface area contributed by atoms with E-state index in [0.717, 1.165) is 25.2 Å². The maximum atomic E-state index is 11.4. The van der Waals surface area contributed by atoms with Crippen LogP contribution in [0.25, 0.3) is 0 Å². The first-order chi connectivity index (χ1) is 8.36. The van der Waals surface area contributed by atoms with Crippen LogP contribution in [0.2, 0.25) is 0 Å². The Kier molecular flexibility index (Phi) is 3.64. The summed E-state index contributed by atoms with van der Waals surface area (Å²) in [6, 6.07) is 7.25.